The minimum atomic E-state index is -0.849. The summed E-state index contributed by atoms with van der Waals surface area (Å²) in [5.41, 5.74) is 2.10. The van der Waals surface area contributed by atoms with Crippen LogP contribution in [0.25, 0.3) is 0 Å². The molecule has 0 aliphatic heterocycles. The zero-order chi connectivity index (χ0) is 21.4. The van der Waals surface area contributed by atoms with Crippen LogP contribution in [0.5, 0.6) is 5.75 Å². The van der Waals surface area contributed by atoms with Gasteiger partial charge in [0.2, 0.25) is 0 Å². The molecule has 0 atom stereocenters. The second-order valence-corrected chi connectivity index (χ2v) is 7.88. The van der Waals surface area contributed by atoms with Gasteiger partial charge in [0.25, 0.3) is 0 Å². The fourth-order valence-electron chi connectivity index (χ4n) is 2.70. The standard InChI is InChI=1S/C23H29NO5/c1-23(2,3)29-22(27)24(4)19-9-5-7-17(15-19)8-6-14-28-20-12-10-18(11-13-20)16-21(25)26/h5,7,9-13,15H,6,8,14,16H2,1-4H3,(H,25,26). The number of benzene rings is 2. The molecule has 0 bridgehead atoms. The number of hydrogen-bond acceptors (Lipinski definition) is 4. The third-order valence-electron chi connectivity index (χ3n) is 4.12. The first-order valence-corrected chi connectivity index (χ1v) is 9.63. The van der Waals surface area contributed by atoms with E-state index in [2.05, 4.69) is 0 Å². The van der Waals surface area contributed by atoms with Gasteiger partial charge >= 0.3 is 12.1 Å². The summed E-state index contributed by atoms with van der Waals surface area (Å²) in [4.78, 5) is 24.4. The van der Waals surface area contributed by atoms with Gasteiger partial charge in [-0.2, -0.15) is 0 Å². The van der Waals surface area contributed by atoms with Crippen molar-refractivity contribution < 1.29 is 24.2 Å². The fourth-order valence-corrected chi connectivity index (χ4v) is 2.70. The highest BCUT2D eigenvalue weighted by Crippen LogP contribution is 2.19. The van der Waals surface area contributed by atoms with Crippen LogP contribution in [0.3, 0.4) is 0 Å². The molecular formula is C23H29NO5. The lowest BCUT2D eigenvalue weighted by molar-refractivity contribution is -0.136. The van der Waals surface area contributed by atoms with Crippen molar-refractivity contribution in [2.75, 3.05) is 18.6 Å². The number of hydrogen-bond donors (Lipinski definition) is 1. The van der Waals surface area contributed by atoms with E-state index in [4.69, 9.17) is 14.6 Å². The van der Waals surface area contributed by atoms with E-state index < -0.39 is 11.6 Å². The Bertz CT molecular complexity index is 824. The molecule has 0 aliphatic carbocycles. The van der Waals surface area contributed by atoms with Gasteiger partial charge in [0.1, 0.15) is 11.4 Å². The molecule has 0 fully saturated rings. The molecule has 0 unspecified atom stereocenters. The molecule has 0 aromatic heterocycles. The minimum absolute atomic E-state index is 0.00830. The van der Waals surface area contributed by atoms with E-state index in [1.807, 2.05) is 45.0 Å². The molecule has 29 heavy (non-hydrogen) atoms. The molecule has 0 saturated carbocycles. The summed E-state index contributed by atoms with van der Waals surface area (Å²) < 4.78 is 11.1. The normalized spacial score (nSPS) is 11.0. The Labute approximate surface area is 172 Å². The summed E-state index contributed by atoms with van der Waals surface area (Å²) >= 11 is 0. The van der Waals surface area contributed by atoms with Gasteiger partial charge in [-0.15, -0.1) is 0 Å². The van der Waals surface area contributed by atoms with Gasteiger partial charge in [-0.3, -0.25) is 9.69 Å². The maximum Gasteiger partial charge on any atom is 0.414 e. The molecule has 0 aliphatic rings. The molecule has 6 nitrogen and oxygen atoms in total. The van der Waals surface area contributed by atoms with E-state index in [0.717, 1.165) is 35.4 Å². The number of carboxylic acid groups (broad SMARTS) is 1. The predicted molar refractivity (Wildman–Crippen MR) is 113 cm³/mol. The van der Waals surface area contributed by atoms with E-state index in [-0.39, 0.29) is 12.5 Å². The van der Waals surface area contributed by atoms with E-state index in [9.17, 15) is 9.59 Å². The summed E-state index contributed by atoms with van der Waals surface area (Å²) in [5.74, 6) is -0.129. The molecule has 1 N–H and O–H groups in total. The van der Waals surface area contributed by atoms with Crippen molar-refractivity contribution in [3.05, 3.63) is 59.7 Å². The first-order valence-electron chi connectivity index (χ1n) is 9.63. The number of aliphatic carboxylic acids is 1. The van der Waals surface area contributed by atoms with Crippen LogP contribution in [0, 0.1) is 0 Å². The molecule has 0 radical (unpaired) electrons. The van der Waals surface area contributed by atoms with Gasteiger partial charge in [0.15, 0.2) is 0 Å². The Balaban J connectivity index is 1.83. The van der Waals surface area contributed by atoms with Crippen molar-refractivity contribution in [2.24, 2.45) is 0 Å². The molecule has 2 rings (SSSR count). The van der Waals surface area contributed by atoms with Crippen molar-refractivity contribution in [3.63, 3.8) is 0 Å². The van der Waals surface area contributed by atoms with Crippen LogP contribution in [0.1, 0.15) is 38.3 Å². The van der Waals surface area contributed by atoms with Gasteiger partial charge in [-0.25, -0.2) is 4.79 Å². The maximum absolute atomic E-state index is 12.2. The lowest BCUT2D eigenvalue weighted by atomic mass is 10.1. The van der Waals surface area contributed by atoms with Crippen LogP contribution < -0.4 is 9.64 Å². The van der Waals surface area contributed by atoms with Crippen molar-refractivity contribution in [2.45, 2.75) is 45.6 Å². The average Bonchev–Trinajstić information content (AvgIpc) is 2.64. The van der Waals surface area contributed by atoms with Gasteiger partial charge in [-0.1, -0.05) is 24.3 Å². The van der Waals surface area contributed by atoms with Crippen LogP contribution in [-0.4, -0.2) is 36.4 Å². The van der Waals surface area contributed by atoms with Gasteiger partial charge in [0.05, 0.1) is 13.0 Å². The molecule has 0 heterocycles. The second kappa shape index (κ2) is 9.96. The third kappa shape index (κ3) is 7.86. The van der Waals surface area contributed by atoms with Gasteiger partial charge in [-0.05, 0) is 69.0 Å². The molecule has 2 aromatic carbocycles. The second-order valence-electron chi connectivity index (χ2n) is 7.88. The number of amides is 1. The lowest BCUT2D eigenvalue weighted by Gasteiger charge is -2.25. The van der Waals surface area contributed by atoms with Crippen molar-refractivity contribution in [3.8, 4) is 5.75 Å². The largest absolute Gasteiger partial charge is 0.494 e. The number of rotatable bonds is 8. The van der Waals surface area contributed by atoms with E-state index in [1.54, 1.807) is 31.3 Å². The highest BCUT2D eigenvalue weighted by Gasteiger charge is 2.20. The maximum atomic E-state index is 12.2. The summed E-state index contributed by atoms with van der Waals surface area (Å²) in [7, 11) is 1.70. The smallest absolute Gasteiger partial charge is 0.414 e. The van der Waals surface area contributed by atoms with Crippen LogP contribution in [0.4, 0.5) is 10.5 Å². The van der Waals surface area contributed by atoms with E-state index >= 15 is 0 Å². The van der Waals surface area contributed by atoms with Gasteiger partial charge < -0.3 is 14.6 Å². The molecular weight excluding hydrogens is 370 g/mol. The molecule has 6 heteroatoms. The van der Waals surface area contributed by atoms with Crippen molar-refractivity contribution in [1.82, 2.24) is 0 Å². The molecule has 0 spiro atoms. The first-order chi connectivity index (χ1) is 13.6. The SMILES string of the molecule is CN(C(=O)OC(C)(C)C)c1cccc(CCCOc2ccc(CC(=O)O)cc2)c1. The van der Waals surface area contributed by atoms with Crippen LogP contribution in [0.2, 0.25) is 0 Å². The van der Waals surface area contributed by atoms with E-state index in [1.165, 1.54) is 4.90 Å². The fraction of sp³-hybridized carbons (Fsp3) is 0.391. The molecule has 1 amide bonds. The Kier molecular flexibility index (Phi) is 7.65. The Morgan fingerprint density at radius 2 is 1.72 bits per heavy atom. The topological polar surface area (TPSA) is 76.1 Å². The quantitative estimate of drug-likeness (QED) is 0.651. The highest BCUT2D eigenvalue weighted by molar-refractivity contribution is 5.87. The van der Waals surface area contributed by atoms with Crippen molar-refractivity contribution >= 4 is 17.7 Å². The number of nitrogens with zero attached hydrogens (tertiary/aromatic N) is 1. The van der Waals surface area contributed by atoms with Gasteiger partial charge in [0, 0.05) is 12.7 Å². The Morgan fingerprint density at radius 1 is 1.03 bits per heavy atom. The number of aryl methyl sites for hydroxylation is 1. The van der Waals surface area contributed by atoms with Crippen LogP contribution in [-0.2, 0) is 22.4 Å². The number of carbonyl (C=O) groups is 2. The van der Waals surface area contributed by atoms with E-state index in [0.29, 0.717) is 6.61 Å². The lowest BCUT2D eigenvalue weighted by Crippen LogP contribution is -2.34. The summed E-state index contributed by atoms with van der Waals surface area (Å²) in [6.07, 6.45) is 1.25. The zero-order valence-corrected chi connectivity index (χ0v) is 17.5. The molecule has 0 saturated heterocycles. The van der Waals surface area contributed by atoms with Crippen molar-refractivity contribution in [1.29, 1.82) is 0 Å². The Hall–Kier alpha value is -3.02. The summed E-state index contributed by atoms with van der Waals surface area (Å²) in [5, 5.41) is 8.79. The third-order valence-corrected chi connectivity index (χ3v) is 4.12. The minimum Gasteiger partial charge on any atom is -0.494 e. The molecule has 156 valence electrons. The highest BCUT2D eigenvalue weighted by atomic mass is 16.6. The monoisotopic (exact) mass is 399 g/mol. The summed E-state index contributed by atoms with van der Waals surface area (Å²) in [6, 6.07) is 14.9. The number of carboxylic acids is 1. The molecule has 2 aromatic rings. The number of ether oxygens (including phenoxy) is 2. The average molecular weight is 399 g/mol. The van der Waals surface area contributed by atoms with Crippen LogP contribution in [0.15, 0.2) is 48.5 Å². The summed E-state index contributed by atoms with van der Waals surface area (Å²) in [6.45, 7) is 6.07. The predicted octanol–water partition coefficient (Wildman–Crippen LogP) is 4.70. The number of anilines is 1. The Morgan fingerprint density at radius 3 is 2.34 bits per heavy atom. The first kappa shape index (κ1) is 22.3. The van der Waals surface area contributed by atoms with Crippen LogP contribution >= 0.6 is 0 Å². The number of carbonyl (C=O) groups excluding carboxylic acids is 1. The zero-order valence-electron chi connectivity index (χ0n) is 17.5.